The maximum Gasteiger partial charge on any atom is 0.304 e. The van der Waals surface area contributed by atoms with E-state index in [2.05, 4.69) is 0 Å². The van der Waals surface area contributed by atoms with Crippen molar-refractivity contribution in [3.8, 4) is 11.1 Å². The lowest BCUT2D eigenvalue weighted by atomic mass is 9.96. The van der Waals surface area contributed by atoms with Gasteiger partial charge in [0.2, 0.25) is 0 Å². The predicted octanol–water partition coefficient (Wildman–Crippen LogP) is 13.2. The third kappa shape index (κ3) is 5.57. The van der Waals surface area contributed by atoms with Gasteiger partial charge in [-0.2, -0.15) is 8.78 Å². The van der Waals surface area contributed by atoms with E-state index < -0.39 is 172 Å². The van der Waals surface area contributed by atoms with Gasteiger partial charge in [0.15, 0.2) is 81.4 Å². The summed E-state index contributed by atoms with van der Waals surface area (Å²) in [5, 5.41) is -8.89. The summed E-state index contributed by atoms with van der Waals surface area (Å²) in [6.45, 7) is 0.575. The van der Waals surface area contributed by atoms with E-state index in [0.29, 0.717) is 12.8 Å². The van der Waals surface area contributed by atoms with Crippen molar-refractivity contribution < 1.29 is 79.0 Å². The summed E-state index contributed by atoms with van der Waals surface area (Å²) in [6, 6.07) is 0. The molecular weight excluding hydrogens is 788 g/mol. The number of rotatable bonds is 10. The number of unbranched alkanes of at least 4 members (excludes halogenated alkanes) is 6. The molecule has 1 aliphatic carbocycles. The summed E-state index contributed by atoms with van der Waals surface area (Å²) in [7, 11) is 0. The number of nitrogens with zero attached hydrogens (tertiary/aromatic N) is 1. The van der Waals surface area contributed by atoms with Crippen LogP contribution in [0.5, 0.6) is 0 Å². The van der Waals surface area contributed by atoms with Crippen LogP contribution in [0, 0.1) is 93.1 Å². The molecule has 5 aromatic carbocycles. The van der Waals surface area contributed by atoms with E-state index >= 15 is 48.3 Å². The summed E-state index contributed by atoms with van der Waals surface area (Å²) in [4.78, 5) is -0.415. The maximum atomic E-state index is 16.6. The Morgan fingerprint density at radius 1 is 0.345 bits per heavy atom. The molecule has 0 saturated carbocycles. The highest BCUT2D eigenvalue weighted by Gasteiger charge is 2.55. The van der Waals surface area contributed by atoms with Crippen LogP contribution in [0.3, 0.4) is 0 Å². The minimum absolute atomic E-state index is 0.0632. The van der Waals surface area contributed by atoms with Crippen LogP contribution in [-0.4, -0.2) is 6.54 Å². The molecule has 294 valence electrons. The highest BCUT2D eigenvalue weighted by Crippen LogP contribution is 2.59. The molecule has 0 saturated heterocycles. The fourth-order valence-electron chi connectivity index (χ4n) is 6.88. The molecule has 0 atom stereocenters. The van der Waals surface area contributed by atoms with Crippen LogP contribution in [-0.2, 0) is 5.92 Å². The van der Waals surface area contributed by atoms with Gasteiger partial charge in [0.1, 0.15) is 17.3 Å². The lowest BCUT2D eigenvalue weighted by Crippen LogP contribution is -2.28. The van der Waals surface area contributed by atoms with Crippen molar-refractivity contribution in [3.63, 3.8) is 0 Å². The van der Waals surface area contributed by atoms with Crippen LogP contribution in [0.2, 0.25) is 0 Å². The highest BCUT2D eigenvalue weighted by molar-refractivity contribution is 6.03. The topological polar surface area (TPSA) is 3.24 Å². The summed E-state index contributed by atoms with van der Waals surface area (Å²) >= 11 is 0. The van der Waals surface area contributed by atoms with Gasteiger partial charge in [0, 0.05) is 17.7 Å². The van der Waals surface area contributed by atoms with E-state index in [1.165, 1.54) is 0 Å². The Bertz CT molecular complexity index is 2460. The van der Waals surface area contributed by atoms with Gasteiger partial charge < -0.3 is 4.90 Å². The molecule has 0 spiro atoms. The molecule has 0 amide bonds. The standard InChI is InChI=1S/C36H19F18N/c1-2-3-4-5-6-7-8-9-55(34-17-11(21(40)30(49)33(34)52)10-16(36(17,53)54)26(45)31(50)27(46)20(10)39)35-25(44)15-14(24(43)32(35)51)18(37)12-13(19(15)38)23(42)29(48)28(47)22(12)41/h2-9H2,1H3. The number of alkyl halides is 2. The van der Waals surface area contributed by atoms with Crippen molar-refractivity contribution >= 4 is 32.9 Å². The Morgan fingerprint density at radius 3 is 1.22 bits per heavy atom. The van der Waals surface area contributed by atoms with Crippen molar-refractivity contribution in [2.45, 2.75) is 57.8 Å². The third-order valence-corrected chi connectivity index (χ3v) is 9.41. The Hall–Kier alpha value is -4.84. The summed E-state index contributed by atoms with van der Waals surface area (Å²) in [6.07, 6.45) is 2.24. The molecule has 0 heterocycles. The zero-order chi connectivity index (χ0) is 40.7. The van der Waals surface area contributed by atoms with Gasteiger partial charge in [-0.05, 0) is 6.42 Å². The molecule has 0 unspecified atom stereocenters. The van der Waals surface area contributed by atoms with Gasteiger partial charge in [-0.3, -0.25) is 0 Å². The fraction of sp³-hybridized carbons (Fsp3) is 0.278. The monoisotopic (exact) mass is 807 g/mol. The molecular formula is C36H19F18N. The van der Waals surface area contributed by atoms with Crippen molar-refractivity contribution in [2.24, 2.45) is 0 Å². The average molecular weight is 808 g/mol. The van der Waals surface area contributed by atoms with E-state index in [4.69, 9.17) is 0 Å². The van der Waals surface area contributed by atoms with Crippen LogP contribution in [0.4, 0.5) is 90.4 Å². The number of benzene rings is 5. The highest BCUT2D eigenvalue weighted by atomic mass is 19.3. The molecule has 0 aliphatic heterocycles. The lowest BCUT2D eigenvalue weighted by Gasteiger charge is -2.31. The van der Waals surface area contributed by atoms with E-state index in [0.717, 1.165) is 12.8 Å². The molecule has 55 heavy (non-hydrogen) atoms. The molecule has 0 aromatic heterocycles. The second kappa shape index (κ2) is 14.0. The van der Waals surface area contributed by atoms with Crippen molar-refractivity contribution in [1.82, 2.24) is 0 Å². The van der Waals surface area contributed by atoms with E-state index in [9.17, 15) is 30.7 Å². The molecule has 0 bridgehead atoms. The Balaban J connectivity index is 1.73. The van der Waals surface area contributed by atoms with Crippen molar-refractivity contribution in [3.05, 3.63) is 104 Å². The normalized spacial score (nSPS) is 13.4. The second-order valence-electron chi connectivity index (χ2n) is 12.6. The zero-order valence-electron chi connectivity index (χ0n) is 27.4. The number of hydrogen-bond acceptors (Lipinski definition) is 1. The largest absolute Gasteiger partial charge is 0.334 e. The Morgan fingerprint density at radius 2 is 0.709 bits per heavy atom. The lowest BCUT2D eigenvalue weighted by molar-refractivity contribution is 0.0429. The molecule has 1 aliphatic rings. The number of hydrogen-bond donors (Lipinski definition) is 0. The van der Waals surface area contributed by atoms with Gasteiger partial charge in [0.05, 0.1) is 38.4 Å². The molecule has 0 N–H and O–H groups in total. The van der Waals surface area contributed by atoms with Crippen LogP contribution in [0.25, 0.3) is 32.7 Å². The van der Waals surface area contributed by atoms with Crippen molar-refractivity contribution in [2.75, 3.05) is 11.4 Å². The van der Waals surface area contributed by atoms with Crippen LogP contribution in [0.1, 0.15) is 63.0 Å². The van der Waals surface area contributed by atoms with Gasteiger partial charge in [0.25, 0.3) is 0 Å². The van der Waals surface area contributed by atoms with E-state index in [1.807, 2.05) is 6.92 Å². The minimum atomic E-state index is -5.44. The summed E-state index contributed by atoms with van der Waals surface area (Å²) in [5.74, 6) is -49.8. The van der Waals surface area contributed by atoms with Gasteiger partial charge >= 0.3 is 5.92 Å². The average Bonchev–Trinajstić information content (AvgIpc) is 3.39. The van der Waals surface area contributed by atoms with Gasteiger partial charge in [-0.25, -0.2) is 70.2 Å². The second-order valence-corrected chi connectivity index (χ2v) is 12.6. The summed E-state index contributed by atoms with van der Waals surface area (Å²) in [5.41, 5.74) is -13.8. The first kappa shape index (κ1) is 39.8. The molecule has 1 nitrogen and oxygen atoms in total. The molecule has 19 heteroatoms. The van der Waals surface area contributed by atoms with Gasteiger partial charge in [-0.1, -0.05) is 45.4 Å². The van der Waals surface area contributed by atoms with Gasteiger partial charge in [-0.15, -0.1) is 0 Å². The van der Waals surface area contributed by atoms with Crippen molar-refractivity contribution in [1.29, 1.82) is 0 Å². The zero-order valence-corrected chi connectivity index (χ0v) is 27.4. The first-order chi connectivity index (χ1) is 25.8. The molecule has 0 fully saturated rings. The SMILES string of the molecule is CCCCCCCCCN(c1c(F)c(F)c(F)c2c1C(F)(F)c1c(F)c(F)c(F)c(F)c1-2)c1c(F)c(F)c2c(F)c3c(F)c(F)c(F)c(F)c3c(F)c2c1F. The Labute approximate surface area is 296 Å². The Kier molecular flexibility index (Phi) is 10.2. The van der Waals surface area contributed by atoms with E-state index in [-0.39, 0.29) is 12.8 Å². The van der Waals surface area contributed by atoms with E-state index in [1.54, 1.807) is 0 Å². The molecule has 5 aromatic rings. The fourth-order valence-corrected chi connectivity index (χ4v) is 6.88. The predicted molar refractivity (Wildman–Crippen MR) is 161 cm³/mol. The molecule has 6 rings (SSSR count). The third-order valence-electron chi connectivity index (χ3n) is 9.41. The first-order valence-corrected chi connectivity index (χ1v) is 16.1. The first-order valence-electron chi connectivity index (χ1n) is 16.1. The maximum absolute atomic E-state index is 16.6. The van der Waals surface area contributed by atoms with Crippen LogP contribution < -0.4 is 4.90 Å². The number of anilines is 2. The smallest absolute Gasteiger partial charge is 0.304 e. The van der Waals surface area contributed by atoms with Crippen LogP contribution >= 0.6 is 0 Å². The number of halogens is 18. The van der Waals surface area contributed by atoms with Crippen LogP contribution in [0.15, 0.2) is 0 Å². The summed E-state index contributed by atoms with van der Waals surface area (Å²) < 4.78 is 275. The minimum Gasteiger partial charge on any atom is -0.334 e. The molecule has 0 radical (unpaired) electrons. The number of fused-ring (bicyclic) bond motifs is 5. The quantitative estimate of drug-likeness (QED) is 0.0447.